The quantitative estimate of drug-likeness (QED) is 0.880. The molecule has 2 N–H and O–H groups in total. The number of carbonyl (C=O) groups excluding carboxylic acids is 2. The molecule has 1 saturated carbocycles. The van der Waals surface area contributed by atoms with Crippen molar-refractivity contribution >= 4 is 34.8 Å². The number of amides is 2. The molecule has 4 nitrogen and oxygen atoms in total. The highest BCUT2D eigenvalue weighted by Crippen LogP contribution is 2.40. The van der Waals surface area contributed by atoms with Gasteiger partial charge in [-0.25, -0.2) is 8.78 Å². The molecule has 1 fully saturated rings. The van der Waals surface area contributed by atoms with Gasteiger partial charge in [0.15, 0.2) is 0 Å². The minimum Gasteiger partial charge on any atom is -0.326 e. The van der Waals surface area contributed by atoms with E-state index in [-0.39, 0.29) is 16.8 Å². The summed E-state index contributed by atoms with van der Waals surface area (Å²) in [5.41, 5.74) is 0.841. The first-order valence-corrected chi connectivity index (χ1v) is 7.64. The van der Waals surface area contributed by atoms with E-state index in [0.717, 1.165) is 6.07 Å². The predicted molar refractivity (Wildman–Crippen MR) is 86.7 cm³/mol. The maximum absolute atomic E-state index is 13.1. The molecule has 2 amide bonds. The highest BCUT2D eigenvalue weighted by Gasteiger charge is 2.48. The normalized spacial score (nSPS) is 18.8. The van der Waals surface area contributed by atoms with Crippen LogP contribution in [0.15, 0.2) is 42.5 Å². The van der Waals surface area contributed by atoms with Crippen LogP contribution in [0.5, 0.6) is 0 Å². The van der Waals surface area contributed by atoms with E-state index in [9.17, 15) is 18.4 Å². The van der Waals surface area contributed by atoms with Gasteiger partial charge in [-0.05, 0) is 48.9 Å². The molecule has 2 atom stereocenters. The Morgan fingerprint density at radius 3 is 2.04 bits per heavy atom. The van der Waals surface area contributed by atoms with Crippen LogP contribution in [0.2, 0.25) is 5.02 Å². The molecule has 0 aromatic heterocycles. The van der Waals surface area contributed by atoms with Gasteiger partial charge in [-0.15, -0.1) is 0 Å². The second kappa shape index (κ2) is 6.57. The second-order valence-corrected chi connectivity index (χ2v) is 5.97. The molecular weight excluding hydrogens is 338 g/mol. The van der Waals surface area contributed by atoms with Gasteiger partial charge in [-0.3, -0.25) is 9.59 Å². The molecule has 2 unspecified atom stereocenters. The Kier molecular flexibility index (Phi) is 4.49. The molecule has 1 aliphatic carbocycles. The fourth-order valence-corrected chi connectivity index (χ4v) is 2.53. The van der Waals surface area contributed by atoms with E-state index in [1.807, 2.05) is 0 Å². The molecule has 2 aromatic carbocycles. The zero-order valence-electron chi connectivity index (χ0n) is 12.4. The summed E-state index contributed by atoms with van der Waals surface area (Å²) in [5.74, 6) is -2.47. The first-order chi connectivity index (χ1) is 11.4. The highest BCUT2D eigenvalue weighted by atomic mass is 35.5. The van der Waals surface area contributed by atoms with Crippen LogP contribution in [0.1, 0.15) is 6.42 Å². The van der Waals surface area contributed by atoms with Crippen molar-refractivity contribution in [3.05, 3.63) is 59.1 Å². The van der Waals surface area contributed by atoms with Crippen molar-refractivity contribution in [3.8, 4) is 0 Å². The molecular formula is C17H13ClF2N2O2. The Morgan fingerprint density at radius 2 is 1.46 bits per heavy atom. The summed E-state index contributed by atoms with van der Waals surface area (Å²) in [6, 6.07) is 9.25. The van der Waals surface area contributed by atoms with Crippen molar-refractivity contribution in [3.63, 3.8) is 0 Å². The summed E-state index contributed by atoms with van der Waals surface area (Å²) in [6.07, 6.45) is 0.424. The smallest absolute Gasteiger partial charge is 0.228 e. The maximum atomic E-state index is 13.1. The number of hydrogen-bond donors (Lipinski definition) is 2. The third-order valence-corrected chi connectivity index (χ3v) is 4.05. The number of nitrogens with one attached hydrogen (secondary N) is 2. The van der Waals surface area contributed by atoms with Crippen LogP contribution in [0.3, 0.4) is 0 Å². The van der Waals surface area contributed by atoms with E-state index < -0.39 is 23.5 Å². The first-order valence-electron chi connectivity index (χ1n) is 7.26. The Bertz CT molecular complexity index is 796. The Balaban J connectivity index is 1.55. The molecule has 1 aliphatic rings. The van der Waals surface area contributed by atoms with E-state index in [4.69, 9.17) is 11.6 Å². The van der Waals surface area contributed by atoms with Crippen molar-refractivity contribution in [1.29, 1.82) is 0 Å². The Hall–Kier alpha value is -2.47. The van der Waals surface area contributed by atoms with Crippen LogP contribution in [0.25, 0.3) is 0 Å². The minimum atomic E-state index is -0.572. The molecule has 0 saturated heterocycles. The number of halogens is 3. The monoisotopic (exact) mass is 350 g/mol. The van der Waals surface area contributed by atoms with Crippen LogP contribution in [-0.4, -0.2) is 11.8 Å². The van der Waals surface area contributed by atoms with Gasteiger partial charge in [0.1, 0.15) is 11.6 Å². The van der Waals surface area contributed by atoms with E-state index in [1.54, 1.807) is 0 Å². The zero-order valence-corrected chi connectivity index (χ0v) is 13.1. The number of hydrogen-bond acceptors (Lipinski definition) is 2. The molecule has 0 spiro atoms. The summed E-state index contributed by atoms with van der Waals surface area (Å²) in [4.78, 5) is 24.2. The predicted octanol–water partition coefficient (Wildman–Crippen LogP) is 3.83. The summed E-state index contributed by atoms with van der Waals surface area (Å²) < 4.78 is 25.9. The Morgan fingerprint density at radius 1 is 0.917 bits per heavy atom. The molecule has 0 heterocycles. The highest BCUT2D eigenvalue weighted by molar-refractivity contribution is 6.31. The van der Waals surface area contributed by atoms with Gasteiger partial charge in [0, 0.05) is 11.4 Å². The SMILES string of the molecule is O=C(Nc1ccc(F)cc1)C1CC1C(=O)Nc1ccc(F)c(Cl)c1. The van der Waals surface area contributed by atoms with Gasteiger partial charge in [-0.2, -0.15) is 0 Å². The molecule has 0 bridgehead atoms. The third-order valence-electron chi connectivity index (χ3n) is 3.76. The number of rotatable bonds is 4. The summed E-state index contributed by atoms with van der Waals surface area (Å²) in [7, 11) is 0. The Labute approximate surface area is 141 Å². The molecule has 2 aromatic rings. The van der Waals surface area contributed by atoms with E-state index in [1.165, 1.54) is 36.4 Å². The van der Waals surface area contributed by atoms with Crippen LogP contribution in [0, 0.1) is 23.5 Å². The average molecular weight is 351 g/mol. The van der Waals surface area contributed by atoms with Gasteiger partial charge < -0.3 is 10.6 Å². The van der Waals surface area contributed by atoms with Gasteiger partial charge in [0.05, 0.1) is 16.9 Å². The lowest BCUT2D eigenvalue weighted by atomic mass is 10.2. The van der Waals surface area contributed by atoms with Crippen LogP contribution in [0.4, 0.5) is 20.2 Å². The lowest BCUT2D eigenvalue weighted by molar-refractivity contribution is -0.122. The van der Waals surface area contributed by atoms with Crippen LogP contribution >= 0.6 is 11.6 Å². The number of carbonyl (C=O) groups is 2. The van der Waals surface area contributed by atoms with Crippen LogP contribution in [-0.2, 0) is 9.59 Å². The van der Waals surface area contributed by atoms with Crippen molar-refractivity contribution < 1.29 is 18.4 Å². The molecule has 0 aliphatic heterocycles. The first kappa shape index (κ1) is 16.4. The third kappa shape index (κ3) is 3.71. The maximum Gasteiger partial charge on any atom is 0.228 e. The van der Waals surface area contributed by atoms with Crippen molar-refractivity contribution in [2.75, 3.05) is 10.6 Å². The fraction of sp³-hybridized carbons (Fsp3) is 0.176. The molecule has 124 valence electrons. The number of anilines is 2. The standard InChI is InChI=1S/C17H13ClF2N2O2/c18-14-7-11(5-6-15(14)20)22-17(24)13-8-12(13)16(23)21-10-3-1-9(19)2-4-10/h1-7,12-13H,8H2,(H,21,23)(H,22,24). The fourth-order valence-electron chi connectivity index (χ4n) is 2.35. The van der Waals surface area contributed by atoms with Gasteiger partial charge in [0.2, 0.25) is 11.8 Å². The van der Waals surface area contributed by atoms with E-state index >= 15 is 0 Å². The lowest BCUT2D eigenvalue weighted by Gasteiger charge is -2.07. The topological polar surface area (TPSA) is 58.2 Å². The molecule has 3 rings (SSSR count). The van der Waals surface area contributed by atoms with Gasteiger partial charge >= 0.3 is 0 Å². The molecule has 0 radical (unpaired) electrons. The van der Waals surface area contributed by atoms with Crippen molar-refractivity contribution in [2.45, 2.75) is 6.42 Å². The van der Waals surface area contributed by atoms with Gasteiger partial charge in [0.25, 0.3) is 0 Å². The lowest BCUT2D eigenvalue weighted by Crippen LogP contribution is -2.20. The summed E-state index contributed by atoms with van der Waals surface area (Å²) in [5, 5.41) is 5.16. The van der Waals surface area contributed by atoms with E-state index in [0.29, 0.717) is 17.8 Å². The van der Waals surface area contributed by atoms with Gasteiger partial charge in [-0.1, -0.05) is 11.6 Å². The largest absolute Gasteiger partial charge is 0.326 e. The van der Waals surface area contributed by atoms with Crippen LogP contribution < -0.4 is 10.6 Å². The molecule has 7 heteroatoms. The second-order valence-electron chi connectivity index (χ2n) is 5.56. The molecule has 24 heavy (non-hydrogen) atoms. The number of benzene rings is 2. The summed E-state index contributed by atoms with van der Waals surface area (Å²) >= 11 is 5.66. The van der Waals surface area contributed by atoms with Crippen molar-refractivity contribution in [2.24, 2.45) is 11.8 Å². The van der Waals surface area contributed by atoms with Crippen molar-refractivity contribution in [1.82, 2.24) is 0 Å². The minimum absolute atomic E-state index is 0.0887. The average Bonchev–Trinajstić information content (AvgIpc) is 3.34. The summed E-state index contributed by atoms with van der Waals surface area (Å²) in [6.45, 7) is 0. The van der Waals surface area contributed by atoms with E-state index in [2.05, 4.69) is 10.6 Å². The zero-order chi connectivity index (χ0) is 17.3.